The summed E-state index contributed by atoms with van der Waals surface area (Å²) >= 11 is 0. The van der Waals surface area contributed by atoms with Crippen LogP contribution in [0.5, 0.6) is 5.75 Å². The molecule has 0 saturated carbocycles. The van der Waals surface area contributed by atoms with Crippen molar-refractivity contribution in [1.82, 2.24) is 15.0 Å². The van der Waals surface area contributed by atoms with E-state index in [0.29, 0.717) is 55.9 Å². The maximum Gasteiger partial charge on any atom is 0.264 e. The van der Waals surface area contributed by atoms with Crippen molar-refractivity contribution >= 4 is 31.6 Å². The number of aromatic nitrogens is 3. The highest BCUT2D eigenvalue weighted by Gasteiger charge is 2.66. The van der Waals surface area contributed by atoms with Crippen LogP contribution in [0.2, 0.25) is 18.6 Å². The number of anilines is 2. The predicted molar refractivity (Wildman–Crippen MR) is 161 cm³/mol. The Labute approximate surface area is 251 Å². The summed E-state index contributed by atoms with van der Waals surface area (Å²) in [5.74, 6) is 0.0791. The molecule has 2 saturated heterocycles. The van der Waals surface area contributed by atoms with Crippen LogP contribution >= 0.6 is 0 Å². The van der Waals surface area contributed by atoms with Gasteiger partial charge in [-0.3, -0.25) is 14.3 Å². The minimum Gasteiger partial charge on any atom is -0.497 e. The van der Waals surface area contributed by atoms with Crippen molar-refractivity contribution in [2.24, 2.45) is 5.92 Å². The van der Waals surface area contributed by atoms with Crippen LogP contribution in [0.15, 0.2) is 48.7 Å². The average molecular weight is 608 g/mol. The van der Waals surface area contributed by atoms with E-state index < -0.39 is 31.6 Å². The lowest BCUT2D eigenvalue weighted by Crippen LogP contribution is -2.45. The van der Waals surface area contributed by atoms with E-state index in [4.69, 9.17) is 9.47 Å². The maximum atomic E-state index is 16.1. The van der Waals surface area contributed by atoms with E-state index in [1.54, 1.807) is 40.9 Å². The largest absolute Gasteiger partial charge is 0.497 e. The molecule has 3 aliphatic heterocycles. The predicted octanol–water partition coefficient (Wildman–Crippen LogP) is 3.97. The number of amides is 2. The van der Waals surface area contributed by atoms with E-state index in [1.165, 1.54) is 0 Å². The molecule has 3 aromatic rings. The van der Waals surface area contributed by atoms with Crippen molar-refractivity contribution in [3.63, 3.8) is 0 Å². The third-order valence-corrected chi connectivity index (χ3v) is 11.7. The second kappa shape index (κ2) is 11.1. The number of hydrogen-bond acceptors (Lipinski definition) is 7. The molecule has 1 aromatic heterocycles. The SMILES string of the molecule is COc1ccc2c(c1)[C@@]1(O[C@H](CCn3cc(CCO)nn3)[C@@H]([Si](C)(C)F)[C@@H]1C)C(=O)N2Cc1ccc(N2CCC2=O)cc1. The van der Waals surface area contributed by atoms with Crippen LogP contribution < -0.4 is 14.5 Å². The molecule has 43 heavy (non-hydrogen) atoms. The monoisotopic (exact) mass is 607 g/mol. The van der Waals surface area contributed by atoms with Gasteiger partial charge in [0, 0.05) is 61.4 Å². The smallest absolute Gasteiger partial charge is 0.264 e. The number of hydrogen-bond donors (Lipinski definition) is 1. The Kier molecular flexibility index (Phi) is 7.63. The van der Waals surface area contributed by atoms with Crippen molar-refractivity contribution in [2.75, 3.05) is 30.1 Å². The summed E-state index contributed by atoms with van der Waals surface area (Å²) in [5, 5.41) is 17.5. The molecule has 1 N–H and O–H groups in total. The summed E-state index contributed by atoms with van der Waals surface area (Å²) < 4.78 is 30.2. The van der Waals surface area contributed by atoms with E-state index in [1.807, 2.05) is 49.4 Å². The molecule has 12 heteroatoms. The van der Waals surface area contributed by atoms with E-state index in [2.05, 4.69) is 10.3 Å². The Morgan fingerprint density at radius 1 is 1.19 bits per heavy atom. The fraction of sp³-hybridized carbons (Fsp3) is 0.484. The summed E-state index contributed by atoms with van der Waals surface area (Å²) in [7, 11) is -1.73. The summed E-state index contributed by atoms with van der Waals surface area (Å²) in [6.07, 6.45) is 2.71. The Hall–Kier alpha value is -3.61. The first-order chi connectivity index (χ1) is 20.6. The van der Waals surface area contributed by atoms with Crippen LogP contribution in [0.1, 0.15) is 36.6 Å². The van der Waals surface area contributed by atoms with E-state index in [9.17, 15) is 14.7 Å². The minimum atomic E-state index is -3.32. The van der Waals surface area contributed by atoms with Gasteiger partial charge in [-0.2, -0.15) is 0 Å². The van der Waals surface area contributed by atoms with Crippen molar-refractivity contribution in [1.29, 1.82) is 0 Å². The lowest BCUT2D eigenvalue weighted by atomic mass is 9.82. The standard InChI is InChI=1S/C31H38FN5O5Si/c1-20-29(43(3,4)32)27(11-14-35-19-22(13-16-38)33-34-35)42-31(20)25-17-24(41-2)9-10-26(25)37(30(31)40)18-21-5-7-23(8-6-21)36-15-12-28(36)39/h5-10,17,19-20,27,29,38H,11-16,18H2,1-4H3/t20-,27+,29-,31+/m0/s1. The second-order valence-electron chi connectivity index (χ2n) is 12.2. The summed E-state index contributed by atoms with van der Waals surface area (Å²) in [6, 6.07) is 13.3. The minimum absolute atomic E-state index is 0.0159. The fourth-order valence-electron chi connectivity index (χ4n) is 7.07. The van der Waals surface area contributed by atoms with E-state index in [-0.39, 0.29) is 18.4 Å². The van der Waals surface area contributed by atoms with Gasteiger partial charge in [0.1, 0.15) is 5.75 Å². The molecule has 2 amide bonds. The maximum absolute atomic E-state index is 16.1. The van der Waals surface area contributed by atoms with Gasteiger partial charge in [-0.05, 0) is 55.4 Å². The van der Waals surface area contributed by atoms with Gasteiger partial charge in [-0.25, -0.2) is 0 Å². The Balaban J connectivity index is 1.32. The van der Waals surface area contributed by atoms with Crippen LogP contribution in [0, 0.1) is 5.92 Å². The van der Waals surface area contributed by atoms with Gasteiger partial charge in [0.2, 0.25) is 14.3 Å². The van der Waals surface area contributed by atoms with Crippen LogP contribution in [-0.2, 0) is 39.4 Å². The molecule has 0 unspecified atom stereocenters. The van der Waals surface area contributed by atoms with Gasteiger partial charge in [0.25, 0.3) is 5.91 Å². The Bertz CT molecular complexity index is 1530. The first-order valence-electron chi connectivity index (χ1n) is 14.8. The van der Waals surface area contributed by atoms with Crippen molar-refractivity contribution < 1.29 is 28.3 Å². The number of fused-ring (bicyclic) bond motifs is 2. The molecule has 0 aliphatic carbocycles. The molecule has 2 aromatic carbocycles. The van der Waals surface area contributed by atoms with Crippen molar-refractivity contribution in [3.05, 3.63) is 65.5 Å². The van der Waals surface area contributed by atoms with Crippen LogP contribution in [0.25, 0.3) is 0 Å². The second-order valence-corrected chi connectivity index (χ2v) is 16.0. The Morgan fingerprint density at radius 2 is 1.95 bits per heavy atom. The molecule has 6 rings (SSSR count). The first kappa shape index (κ1) is 29.5. The number of aliphatic hydroxyl groups is 1. The first-order valence-corrected chi connectivity index (χ1v) is 17.8. The highest BCUT2D eigenvalue weighted by Crippen LogP contribution is 2.60. The quantitative estimate of drug-likeness (QED) is 0.211. The van der Waals surface area contributed by atoms with Gasteiger partial charge in [-0.15, -0.1) is 5.10 Å². The number of β-lactam (4-membered cyclic amide) rings is 1. The number of ether oxygens (including phenoxy) is 2. The molecule has 2 fully saturated rings. The van der Waals surface area contributed by atoms with E-state index in [0.717, 1.165) is 16.9 Å². The number of nitrogens with zero attached hydrogens (tertiary/aromatic N) is 5. The topological polar surface area (TPSA) is 110 Å². The number of carbonyl (C=O) groups is 2. The molecule has 1 spiro atoms. The third kappa shape index (κ3) is 5.04. The normalized spacial score (nSPS) is 25.0. The zero-order valence-electron chi connectivity index (χ0n) is 25.0. The van der Waals surface area contributed by atoms with E-state index >= 15 is 4.11 Å². The van der Waals surface area contributed by atoms with Crippen LogP contribution in [0.3, 0.4) is 0 Å². The van der Waals surface area contributed by atoms with Gasteiger partial charge >= 0.3 is 0 Å². The van der Waals surface area contributed by atoms with Gasteiger partial charge < -0.3 is 28.5 Å². The molecule has 3 aliphatic rings. The van der Waals surface area contributed by atoms with Crippen molar-refractivity contribution in [2.45, 2.75) is 69.6 Å². The summed E-state index contributed by atoms with van der Waals surface area (Å²) in [5.41, 5.74) is 2.06. The van der Waals surface area contributed by atoms with Crippen molar-refractivity contribution in [3.8, 4) is 5.75 Å². The number of carbonyl (C=O) groups excluding carboxylic acids is 2. The summed E-state index contributed by atoms with van der Waals surface area (Å²) in [6.45, 7) is 6.77. The zero-order valence-corrected chi connectivity index (χ0v) is 26.0. The average Bonchev–Trinajstić information content (AvgIpc) is 3.62. The summed E-state index contributed by atoms with van der Waals surface area (Å²) in [4.78, 5) is 30.0. The number of halogens is 1. The van der Waals surface area contributed by atoms with Crippen LogP contribution in [-0.4, -0.2) is 66.7 Å². The number of aliphatic hydroxyl groups excluding tert-OH is 1. The molecule has 4 heterocycles. The van der Waals surface area contributed by atoms with Gasteiger partial charge in [-0.1, -0.05) is 24.3 Å². The highest BCUT2D eigenvalue weighted by atomic mass is 28.4. The van der Waals surface area contributed by atoms with Gasteiger partial charge in [0.15, 0.2) is 5.60 Å². The molecular formula is C31H38FN5O5Si. The molecule has 4 atom stereocenters. The zero-order chi connectivity index (χ0) is 30.5. The number of methoxy groups -OCH3 is 1. The van der Waals surface area contributed by atoms with Gasteiger partial charge in [0.05, 0.1) is 31.1 Å². The fourth-order valence-corrected chi connectivity index (χ4v) is 9.61. The number of rotatable bonds is 10. The highest BCUT2D eigenvalue weighted by molar-refractivity contribution is 6.72. The lowest BCUT2D eigenvalue weighted by molar-refractivity contribution is -0.146. The molecule has 0 radical (unpaired) electrons. The molecule has 228 valence electrons. The molecular weight excluding hydrogens is 569 g/mol. The Morgan fingerprint density at radius 3 is 2.58 bits per heavy atom. The number of aryl methyl sites for hydroxylation is 1. The third-order valence-electron chi connectivity index (χ3n) is 9.20. The van der Waals surface area contributed by atoms with Crippen LogP contribution in [0.4, 0.5) is 15.5 Å². The molecule has 10 nitrogen and oxygen atoms in total. The number of benzene rings is 2. The molecule has 0 bridgehead atoms. The lowest BCUT2D eigenvalue weighted by Gasteiger charge is -2.31.